The number of aromatic nitrogens is 1. The van der Waals surface area contributed by atoms with Crippen LogP contribution in [-0.2, 0) is 20.9 Å². The zero-order chi connectivity index (χ0) is 26.5. The maximum Gasteiger partial charge on any atom is 0.295 e. The Bertz CT molecular complexity index is 1320. The van der Waals surface area contributed by atoms with E-state index in [4.69, 9.17) is 9.47 Å². The summed E-state index contributed by atoms with van der Waals surface area (Å²) in [6.07, 6.45) is 3.27. The summed E-state index contributed by atoms with van der Waals surface area (Å²) in [5.74, 6) is -0.890. The van der Waals surface area contributed by atoms with Gasteiger partial charge in [-0.2, -0.15) is 0 Å². The van der Waals surface area contributed by atoms with E-state index < -0.39 is 17.7 Å². The maximum absolute atomic E-state index is 13.2. The van der Waals surface area contributed by atoms with E-state index in [0.717, 1.165) is 24.2 Å². The number of aliphatic hydroxyl groups excluding tert-OH is 1. The lowest BCUT2D eigenvalue weighted by Gasteiger charge is -2.30. The lowest BCUT2D eigenvalue weighted by Crippen LogP contribution is -2.42. The highest BCUT2D eigenvalue weighted by Crippen LogP contribution is 2.39. The van der Waals surface area contributed by atoms with Gasteiger partial charge in [-0.25, -0.2) is 0 Å². The van der Waals surface area contributed by atoms with Gasteiger partial charge in [-0.1, -0.05) is 35.9 Å². The van der Waals surface area contributed by atoms with Crippen molar-refractivity contribution in [3.8, 4) is 5.75 Å². The van der Waals surface area contributed by atoms with Gasteiger partial charge in [0.05, 0.1) is 24.8 Å². The molecule has 0 bridgehead atoms. The number of morpholine rings is 1. The molecule has 8 heteroatoms. The smallest absolute Gasteiger partial charge is 0.295 e. The first-order valence-electron chi connectivity index (χ1n) is 12.8. The van der Waals surface area contributed by atoms with E-state index in [2.05, 4.69) is 16.0 Å². The van der Waals surface area contributed by atoms with Crippen molar-refractivity contribution in [2.24, 2.45) is 0 Å². The first kappa shape index (κ1) is 25.6. The molecule has 1 amide bonds. The first-order valence-corrected chi connectivity index (χ1v) is 12.8. The van der Waals surface area contributed by atoms with Crippen LogP contribution in [0.5, 0.6) is 5.75 Å². The van der Waals surface area contributed by atoms with E-state index in [1.165, 1.54) is 0 Å². The standard InChI is InChI=1S/C30H31N3O5/c1-21-4-2-5-22(18-21)20-38-25-9-7-23(8-10-25)28(34)26-27(24-6-3-11-31-19-24)33(30(36)29(26)35)13-12-32-14-16-37-17-15-32/h2-11,18-19,27,34H,12-17,20H2,1H3/b28-26+. The van der Waals surface area contributed by atoms with Crippen LogP contribution in [0.2, 0.25) is 0 Å². The van der Waals surface area contributed by atoms with E-state index in [1.807, 2.05) is 31.2 Å². The number of carbonyl (C=O) groups excluding carboxylic acids is 2. The lowest BCUT2D eigenvalue weighted by molar-refractivity contribution is -0.140. The third-order valence-electron chi connectivity index (χ3n) is 6.92. The van der Waals surface area contributed by atoms with Gasteiger partial charge in [0, 0.05) is 44.1 Å². The number of hydrogen-bond acceptors (Lipinski definition) is 7. The number of ether oxygens (including phenoxy) is 2. The van der Waals surface area contributed by atoms with Crippen LogP contribution >= 0.6 is 0 Å². The monoisotopic (exact) mass is 513 g/mol. The Kier molecular flexibility index (Phi) is 7.81. The minimum absolute atomic E-state index is 0.0680. The second kappa shape index (κ2) is 11.6. The van der Waals surface area contributed by atoms with E-state index >= 15 is 0 Å². The van der Waals surface area contributed by atoms with Gasteiger partial charge in [0.25, 0.3) is 11.7 Å². The van der Waals surface area contributed by atoms with Crippen molar-refractivity contribution < 1.29 is 24.2 Å². The summed E-state index contributed by atoms with van der Waals surface area (Å²) in [6.45, 7) is 6.27. The van der Waals surface area contributed by atoms with Crippen LogP contribution in [0.3, 0.4) is 0 Å². The Morgan fingerprint density at radius 2 is 1.84 bits per heavy atom. The van der Waals surface area contributed by atoms with Crippen molar-refractivity contribution in [3.63, 3.8) is 0 Å². The van der Waals surface area contributed by atoms with Crippen LogP contribution in [0.4, 0.5) is 0 Å². The molecule has 196 valence electrons. The molecule has 2 aliphatic rings. The molecule has 2 aliphatic heterocycles. The molecule has 3 aromatic rings. The number of pyridine rings is 1. The molecule has 1 atom stereocenters. The van der Waals surface area contributed by atoms with Crippen molar-refractivity contribution in [2.45, 2.75) is 19.6 Å². The van der Waals surface area contributed by atoms with Gasteiger partial charge >= 0.3 is 0 Å². The minimum atomic E-state index is -0.720. The molecule has 0 radical (unpaired) electrons. The number of ketones is 1. The van der Waals surface area contributed by atoms with Crippen LogP contribution in [0.15, 0.2) is 78.6 Å². The minimum Gasteiger partial charge on any atom is -0.507 e. The highest BCUT2D eigenvalue weighted by molar-refractivity contribution is 6.46. The molecule has 8 nitrogen and oxygen atoms in total. The molecule has 2 aromatic carbocycles. The summed E-state index contributed by atoms with van der Waals surface area (Å²) in [5, 5.41) is 11.3. The van der Waals surface area contributed by atoms with Gasteiger partial charge < -0.3 is 19.5 Å². The molecule has 1 N–H and O–H groups in total. The van der Waals surface area contributed by atoms with E-state index in [0.29, 0.717) is 49.8 Å². The van der Waals surface area contributed by atoms with Gasteiger partial charge in [0.2, 0.25) is 0 Å². The molecule has 3 heterocycles. The van der Waals surface area contributed by atoms with Crippen molar-refractivity contribution >= 4 is 17.4 Å². The van der Waals surface area contributed by atoms with Crippen LogP contribution in [0.1, 0.15) is 28.3 Å². The van der Waals surface area contributed by atoms with Crippen LogP contribution in [-0.4, -0.2) is 71.0 Å². The van der Waals surface area contributed by atoms with E-state index in [1.54, 1.807) is 47.6 Å². The molecule has 38 heavy (non-hydrogen) atoms. The van der Waals surface area contributed by atoms with Crippen LogP contribution < -0.4 is 4.74 Å². The third-order valence-corrected chi connectivity index (χ3v) is 6.92. The number of Topliss-reactive ketones (excluding diaryl/α,β-unsaturated/α-hetero) is 1. The molecule has 1 aromatic heterocycles. The average Bonchev–Trinajstić information content (AvgIpc) is 3.21. The number of aryl methyl sites for hydroxylation is 1. The van der Waals surface area contributed by atoms with Crippen LogP contribution in [0.25, 0.3) is 5.76 Å². The predicted molar refractivity (Wildman–Crippen MR) is 142 cm³/mol. The zero-order valence-electron chi connectivity index (χ0n) is 21.4. The number of benzene rings is 2. The lowest BCUT2D eigenvalue weighted by atomic mass is 9.96. The summed E-state index contributed by atoms with van der Waals surface area (Å²) < 4.78 is 11.3. The Morgan fingerprint density at radius 1 is 1.05 bits per heavy atom. The third kappa shape index (κ3) is 5.61. The molecule has 2 fully saturated rings. The fourth-order valence-electron chi connectivity index (χ4n) is 4.90. The number of likely N-dealkylation sites (tertiary alicyclic amines) is 1. The average molecular weight is 514 g/mol. The van der Waals surface area contributed by atoms with Gasteiger partial charge in [0.15, 0.2) is 0 Å². The molecule has 0 saturated carbocycles. The molecular weight excluding hydrogens is 482 g/mol. The van der Waals surface area contributed by atoms with Crippen molar-refractivity contribution in [1.82, 2.24) is 14.8 Å². The second-order valence-corrected chi connectivity index (χ2v) is 9.53. The zero-order valence-corrected chi connectivity index (χ0v) is 21.4. The summed E-state index contributed by atoms with van der Waals surface area (Å²) in [4.78, 5) is 34.3. The Morgan fingerprint density at radius 3 is 2.55 bits per heavy atom. The van der Waals surface area contributed by atoms with E-state index in [-0.39, 0.29) is 11.3 Å². The Balaban J connectivity index is 1.39. The van der Waals surface area contributed by atoms with Gasteiger partial charge in [-0.3, -0.25) is 19.5 Å². The SMILES string of the molecule is Cc1cccc(COc2ccc(/C(O)=C3\C(=O)C(=O)N(CCN4CCOCC4)C3c3cccnc3)cc2)c1. The normalized spacial score (nSPS) is 19.6. The maximum atomic E-state index is 13.2. The highest BCUT2D eigenvalue weighted by Gasteiger charge is 2.46. The summed E-state index contributed by atoms with van der Waals surface area (Å²) in [6, 6.07) is 17.8. The Labute approximate surface area is 222 Å². The second-order valence-electron chi connectivity index (χ2n) is 9.53. The summed E-state index contributed by atoms with van der Waals surface area (Å²) in [5.41, 5.74) is 3.40. The van der Waals surface area contributed by atoms with Gasteiger partial charge in [-0.05, 0) is 48.4 Å². The highest BCUT2D eigenvalue weighted by atomic mass is 16.5. The van der Waals surface area contributed by atoms with Crippen molar-refractivity contribution in [1.29, 1.82) is 0 Å². The molecule has 5 rings (SSSR count). The largest absolute Gasteiger partial charge is 0.507 e. The van der Waals surface area contributed by atoms with E-state index in [9.17, 15) is 14.7 Å². The number of nitrogens with zero attached hydrogens (tertiary/aromatic N) is 3. The number of hydrogen-bond donors (Lipinski definition) is 1. The molecular formula is C30H31N3O5. The van der Waals surface area contributed by atoms with Crippen molar-refractivity contribution in [3.05, 3.63) is 101 Å². The summed E-state index contributed by atoms with van der Waals surface area (Å²) >= 11 is 0. The fourth-order valence-corrected chi connectivity index (χ4v) is 4.90. The first-order chi connectivity index (χ1) is 18.5. The quantitative estimate of drug-likeness (QED) is 0.279. The van der Waals surface area contributed by atoms with Gasteiger partial charge in [0.1, 0.15) is 18.1 Å². The Hall–Kier alpha value is -4.01. The molecule has 2 saturated heterocycles. The molecule has 0 aliphatic carbocycles. The van der Waals surface area contributed by atoms with Gasteiger partial charge in [-0.15, -0.1) is 0 Å². The predicted octanol–water partition coefficient (Wildman–Crippen LogP) is 3.72. The molecule has 1 unspecified atom stereocenters. The topological polar surface area (TPSA) is 92.2 Å². The number of rotatable bonds is 8. The summed E-state index contributed by atoms with van der Waals surface area (Å²) in [7, 11) is 0. The molecule has 0 spiro atoms. The van der Waals surface area contributed by atoms with Crippen molar-refractivity contribution in [2.75, 3.05) is 39.4 Å². The number of amides is 1. The fraction of sp³-hybridized carbons (Fsp3) is 0.300. The number of aliphatic hydroxyl groups is 1. The number of carbonyl (C=O) groups is 2. The van der Waals surface area contributed by atoms with Crippen LogP contribution in [0, 0.1) is 6.92 Å².